The Bertz CT molecular complexity index is 145. The summed E-state index contributed by atoms with van der Waals surface area (Å²) in [6.45, 7) is 7.88. The van der Waals surface area contributed by atoms with Crippen molar-refractivity contribution < 1.29 is 14.3 Å². The van der Waals surface area contributed by atoms with E-state index in [1.165, 1.54) is 0 Å². The highest BCUT2D eigenvalue weighted by Gasteiger charge is 2.01. The summed E-state index contributed by atoms with van der Waals surface area (Å²) in [6.07, 6.45) is 2.47. The van der Waals surface area contributed by atoms with Gasteiger partial charge in [-0.1, -0.05) is 27.2 Å². The zero-order valence-electron chi connectivity index (χ0n) is 9.54. The van der Waals surface area contributed by atoms with Gasteiger partial charge in [0.25, 0.3) is 0 Å². The summed E-state index contributed by atoms with van der Waals surface area (Å²) in [6, 6.07) is 0. The predicted octanol–water partition coefficient (Wildman–Crippen LogP) is 2.39. The van der Waals surface area contributed by atoms with Gasteiger partial charge in [0, 0.05) is 13.0 Å². The fraction of sp³-hybridized carbons (Fsp3) is 0.909. The number of hydrogen-bond donors (Lipinski definition) is 0. The zero-order chi connectivity index (χ0) is 10.8. The maximum atomic E-state index is 10.9. The molecule has 1 unspecified atom stereocenters. The molecule has 3 heteroatoms. The first-order chi connectivity index (χ1) is 6.70. The molecular weight excluding hydrogens is 180 g/mol. The first kappa shape index (κ1) is 13.4. The topological polar surface area (TPSA) is 35.5 Å². The largest absolute Gasteiger partial charge is 0.463 e. The van der Waals surface area contributed by atoms with Crippen LogP contribution in [0, 0.1) is 5.92 Å². The maximum Gasteiger partial charge on any atom is 0.305 e. The van der Waals surface area contributed by atoms with E-state index in [-0.39, 0.29) is 5.97 Å². The lowest BCUT2D eigenvalue weighted by atomic mass is 10.1. The van der Waals surface area contributed by atoms with E-state index in [1.54, 1.807) is 0 Å². The fourth-order valence-corrected chi connectivity index (χ4v) is 0.893. The van der Waals surface area contributed by atoms with E-state index in [0.717, 1.165) is 19.4 Å². The summed E-state index contributed by atoms with van der Waals surface area (Å²) < 4.78 is 10.3. The van der Waals surface area contributed by atoms with Crippen molar-refractivity contribution in [3.63, 3.8) is 0 Å². The van der Waals surface area contributed by atoms with E-state index in [0.29, 0.717) is 25.6 Å². The maximum absolute atomic E-state index is 10.9. The SMILES string of the molecule is CCCC(=O)OCCOCC(C)CC. The van der Waals surface area contributed by atoms with Crippen LogP contribution in [-0.2, 0) is 14.3 Å². The molecule has 1 atom stereocenters. The van der Waals surface area contributed by atoms with Gasteiger partial charge in [-0.2, -0.15) is 0 Å². The first-order valence-electron chi connectivity index (χ1n) is 5.44. The Kier molecular flexibility index (Phi) is 8.64. The molecule has 0 aromatic heterocycles. The molecule has 0 amide bonds. The summed E-state index contributed by atoms with van der Waals surface area (Å²) in [4.78, 5) is 10.9. The number of carbonyl (C=O) groups is 1. The number of carbonyl (C=O) groups excluding carboxylic acids is 1. The van der Waals surface area contributed by atoms with Crippen molar-refractivity contribution in [1.82, 2.24) is 0 Å². The lowest BCUT2D eigenvalue weighted by Gasteiger charge is -2.09. The highest BCUT2D eigenvalue weighted by atomic mass is 16.6. The molecule has 0 bridgehead atoms. The molecule has 0 aliphatic heterocycles. The van der Waals surface area contributed by atoms with Crippen LogP contribution in [0.25, 0.3) is 0 Å². The molecule has 0 aliphatic carbocycles. The van der Waals surface area contributed by atoms with Crippen LogP contribution >= 0.6 is 0 Å². The molecule has 0 aliphatic rings. The van der Waals surface area contributed by atoms with Crippen LogP contribution in [0.2, 0.25) is 0 Å². The van der Waals surface area contributed by atoms with Crippen LogP contribution in [0.1, 0.15) is 40.0 Å². The van der Waals surface area contributed by atoms with E-state index in [1.807, 2.05) is 6.92 Å². The Hall–Kier alpha value is -0.570. The van der Waals surface area contributed by atoms with Gasteiger partial charge in [-0.15, -0.1) is 0 Å². The Balaban J connectivity index is 3.17. The minimum Gasteiger partial charge on any atom is -0.463 e. The second kappa shape index (κ2) is 9.00. The van der Waals surface area contributed by atoms with Gasteiger partial charge in [0.05, 0.1) is 6.61 Å². The van der Waals surface area contributed by atoms with Gasteiger partial charge in [0.2, 0.25) is 0 Å². The van der Waals surface area contributed by atoms with Crippen molar-refractivity contribution in [3.8, 4) is 0 Å². The molecule has 84 valence electrons. The summed E-state index contributed by atoms with van der Waals surface area (Å²) in [5.74, 6) is 0.459. The quantitative estimate of drug-likeness (QED) is 0.448. The van der Waals surface area contributed by atoms with Crippen molar-refractivity contribution in [1.29, 1.82) is 0 Å². The highest BCUT2D eigenvalue weighted by Crippen LogP contribution is 2.00. The lowest BCUT2D eigenvalue weighted by Crippen LogP contribution is -2.12. The van der Waals surface area contributed by atoms with Crippen molar-refractivity contribution in [3.05, 3.63) is 0 Å². The molecule has 0 aromatic carbocycles. The molecule has 0 saturated heterocycles. The van der Waals surface area contributed by atoms with Crippen LogP contribution in [0.4, 0.5) is 0 Å². The Morgan fingerprint density at radius 3 is 2.57 bits per heavy atom. The zero-order valence-corrected chi connectivity index (χ0v) is 9.54. The number of hydrogen-bond acceptors (Lipinski definition) is 3. The molecule has 0 N–H and O–H groups in total. The highest BCUT2D eigenvalue weighted by molar-refractivity contribution is 5.69. The minimum atomic E-state index is -0.125. The van der Waals surface area contributed by atoms with Crippen LogP contribution in [0.5, 0.6) is 0 Å². The average Bonchev–Trinajstić information content (AvgIpc) is 2.17. The third-order valence-electron chi connectivity index (χ3n) is 2.04. The smallest absolute Gasteiger partial charge is 0.305 e. The summed E-state index contributed by atoms with van der Waals surface area (Å²) in [7, 11) is 0. The van der Waals surface area contributed by atoms with Crippen molar-refractivity contribution in [2.45, 2.75) is 40.0 Å². The van der Waals surface area contributed by atoms with Crippen molar-refractivity contribution in [2.75, 3.05) is 19.8 Å². The number of ether oxygens (including phenoxy) is 2. The third-order valence-corrected chi connectivity index (χ3v) is 2.04. The van der Waals surface area contributed by atoms with Crippen LogP contribution < -0.4 is 0 Å². The van der Waals surface area contributed by atoms with Gasteiger partial charge in [-0.25, -0.2) is 0 Å². The van der Waals surface area contributed by atoms with E-state index in [9.17, 15) is 4.79 Å². The molecule has 0 radical (unpaired) electrons. The standard InChI is InChI=1S/C11H22O3/c1-4-6-11(12)14-8-7-13-9-10(3)5-2/h10H,4-9H2,1-3H3. The number of esters is 1. The van der Waals surface area contributed by atoms with Gasteiger partial charge in [0.15, 0.2) is 0 Å². The van der Waals surface area contributed by atoms with Gasteiger partial charge < -0.3 is 9.47 Å². The van der Waals surface area contributed by atoms with Gasteiger partial charge in [-0.05, 0) is 12.3 Å². The van der Waals surface area contributed by atoms with E-state index >= 15 is 0 Å². The van der Waals surface area contributed by atoms with E-state index in [2.05, 4.69) is 13.8 Å². The predicted molar refractivity (Wildman–Crippen MR) is 56.1 cm³/mol. The van der Waals surface area contributed by atoms with Crippen LogP contribution in [0.3, 0.4) is 0 Å². The fourth-order valence-electron chi connectivity index (χ4n) is 0.893. The van der Waals surface area contributed by atoms with Crippen molar-refractivity contribution >= 4 is 5.97 Å². The molecule has 0 rings (SSSR count). The molecule has 0 saturated carbocycles. The Morgan fingerprint density at radius 2 is 2.00 bits per heavy atom. The second-order valence-corrected chi connectivity index (χ2v) is 3.56. The first-order valence-corrected chi connectivity index (χ1v) is 5.44. The molecule has 0 heterocycles. The van der Waals surface area contributed by atoms with Crippen LogP contribution in [-0.4, -0.2) is 25.8 Å². The van der Waals surface area contributed by atoms with E-state index < -0.39 is 0 Å². The lowest BCUT2D eigenvalue weighted by molar-refractivity contribution is -0.145. The van der Waals surface area contributed by atoms with E-state index in [4.69, 9.17) is 9.47 Å². The summed E-state index contributed by atoms with van der Waals surface area (Å²) in [5, 5.41) is 0. The normalized spacial score (nSPS) is 12.5. The van der Waals surface area contributed by atoms with Gasteiger partial charge >= 0.3 is 5.97 Å². The molecular formula is C11H22O3. The molecule has 0 aromatic rings. The van der Waals surface area contributed by atoms with Crippen LogP contribution in [0.15, 0.2) is 0 Å². The summed E-state index contributed by atoms with van der Waals surface area (Å²) >= 11 is 0. The average molecular weight is 202 g/mol. The Morgan fingerprint density at radius 1 is 1.29 bits per heavy atom. The number of rotatable bonds is 8. The summed E-state index contributed by atoms with van der Waals surface area (Å²) in [5.41, 5.74) is 0. The second-order valence-electron chi connectivity index (χ2n) is 3.56. The Labute approximate surface area is 86.8 Å². The third kappa shape index (κ3) is 8.05. The van der Waals surface area contributed by atoms with Gasteiger partial charge in [0.1, 0.15) is 6.61 Å². The monoisotopic (exact) mass is 202 g/mol. The van der Waals surface area contributed by atoms with Crippen molar-refractivity contribution in [2.24, 2.45) is 5.92 Å². The van der Waals surface area contributed by atoms with Gasteiger partial charge in [-0.3, -0.25) is 4.79 Å². The molecule has 3 nitrogen and oxygen atoms in total. The molecule has 0 spiro atoms. The molecule has 0 fully saturated rings. The molecule has 14 heavy (non-hydrogen) atoms. The minimum absolute atomic E-state index is 0.125.